The molecule has 1 aromatic rings. The van der Waals surface area contributed by atoms with E-state index >= 15 is 0 Å². The molecule has 0 spiro atoms. The number of anilines is 1. The summed E-state index contributed by atoms with van der Waals surface area (Å²) < 4.78 is 26.8. The molecule has 2 rings (SSSR count). The van der Waals surface area contributed by atoms with Gasteiger partial charge in [0.05, 0.1) is 18.2 Å². The number of amides is 1. The Balaban J connectivity index is 1.87. The Bertz CT molecular complexity index is 690. The molecular weight excluding hydrogens is 359 g/mol. The standard InChI is InChI=1S/C17H24BF2N3O4/c1-10(2)7-15(18(26)27)22-16(25)4-3-14(24)13-5-6-23(13)17-12(20)8-11(19)9-21-17/h8-10,13,15,26-27H,3-7H2,1-2H3,(H,22,25)/t13-,15+/m0/s1. The van der Waals surface area contributed by atoms with Crippen molar-refractivity contribution in [2.75, 3.05) is 11.4 Å². The first-order valence-corrected chi connectivity index (χ1v) is 8.95. The highest BCUT2D eigenvalue weighted by Gasteiger charge is 2.36. The fourth-order valence-electron chi connectivity index (χ4n) is 3.04. The van der Waals surface area contributed by atoms with Gasteiger partial charge in [-0.25, -0.2) is 13.8 Å². The molecule has 1 amide bonds. The number of pyridine rings is 1. The van der Waals surface area contributed by atoms with Gasteiger partial charge in [0, 0.05) is 25.5 Å². The molecule has 2 atom stereocenters. The van der Waals surface area contributed by atoms with Crippen LogP contribution in [0.4, 0.5) is 14.6 Å². The summed E-state index contributed by atoms with van der Waals surface area (Å²) in [6.45, 7) is 4.20. The van der Waals surface area contributed by atoms with Crippen LogP contribution < -0.4 is 10.2 Å². The number of halogens is 2. The van der Waals surface area contributed by atoms with Crippen molar-refractivity contribution in [3.8, 4) is 0 Å². The highest BCUT2D eigenvalue weighted by molar-refractivity contribution is 6.43. The molecule has 1 aromatic heterocycles. The van der Waals surface area contributed by atoms with E-state index in [0.29, 0.717) is 25.5 Å². The van der Waals surface area contributed by atoms with Crippen LogP contribution in [-0.4, -0.2) is 52.4 Å². The average molecular weight is 383 g/mol. The molecule has 27 heavy (non-hydrogen) atoms. The Morgan fingerprint density at radius 3 is 2.59 bits per heavy atom. The molecule has 0 radical (unpaired) electrons. The average Bonchev–Trinajstić information content (AvgIpc) is 2.53. The first-order valence-electron chi connectivity index (χ1n) is 8.95. The van der Waals surface area contributed by atoms with Crippen molar-refractivity contribution in [3.05, 3.63) is 23.9 Å². The van der Waals surface area contributed by atoms with Gasteiger partial charge in [-0.15, -0.1) is 0 Å². The van der Waals surface area contributed by atoms with E-state index in [-0.39, 0.29) is 30.4 Å². The first-order chi connectivity index (χ1) is 12.7. The van der Waals surface area contributed by atoms with E-state index in [4.69, 9.17) is 0 Å². The van der Waals surface area contributed by atoms with Crippen molar-refractivity contribution in [1.29, 1.82) is 0 Å². The predicted octanol–water partition coefficient (Wildman–Crippen LogP) is 0.831. The number of ketones is 1. The van der Waals surface area contributed by atoms with Crippen molar-refractivity contribution in [2.24, 2.45) is 5.92 Å². The number of carbonyl (C=O) groups is 2. The summed E-state index contributed by atoms with van der Waals surface area (Å²) in [7, 11) is -1.68. The Morgan fingerprint density at radius 2 is 2.07 bits per heavy atom. The first kappa shape index (κ1) is 21.2. The lowest BCUT2D eigenvalue weighted by atomic mass is 9.75. The number of nitrogens with zero attached hydrogens (tertiary/aromatic N) is 2. The molecule has 0 aromatic carbocycles. The molecular formula is C17H24BF2N3O4. The summed E-state index contributed by atoms with van der Waals surface area (Å²) >= 11 is 0. The zero-order valence-electron chi connectivity index (χ0n) is 15.4. The van der Waals surface area contributed by atoms with E-state index in [0.717, 1.165) is 6.20 Å². The highest BCUT2D eigenvalue weighted by Crippen LogP contribution is 2.28. The zero-order valence-corrected chi connectivity index (χ0v) is 15.4. The van der Waals surface area contributed by atoms with Gasteiger partial charge in [-0.3, -0.25) is 9.59 Å². The van der Waals surface area contributed by atoms with Crippen LogP contribution in [0.1, 0.15) is 39.5 Å². The fraction of sp³-hybridized carbons (Fsp3) is 0.588. The maximum absolute atomic E-state index is 13.8. The Hall–Kier alpha value is -2.07. The van der Waals surface area contributed by atoms with Crippen LogP contribution in [-0.2, 0) is 9.59 Å². The lowest BCUT2D eigenvalue weighted by Gasteiger charge is -2.40. The van der Waals surface area contributed by atoms with Crippen molar-refractivity contribution >= 4 is 24.6 Å². The van der Waals surface area contributed by atoms with Crippen LogP contribution in [0, 0.1) is 17.6 Å². The van der Waals surface area contributed by atoms with E-state index < -0.39 is 36.6 Å². The number of aromatic nitrogens is 1. The maximum Gasteiger partial charge on any atom is 0.475 e. The third kappa shape index (κ3) is 5.70. The van der Waals surface area contributed by atoms with Crippen molar-refractivity contribution in [3.63, 3.8) is 0 Å². The minimum atomic E-state index is -1.68. The lowest BCUT2D eigenvalue weighted by Crippen LogP contribution is -2.53. The molecule has 1 aliphatic heterocycles. The van der Waals surface area contributed by atoms with Gasteiger partial charge in [0.2, 0.25) is 5.91 Å². The van der Waals surface area contributed by atoms with Crippen LogP contribution in [0.5, 0.6) is 0 Å². The van der Waals surface area contributed by atoms with Gasteiger partial charge in [0.25, 0.3) is 0 Å². The minimum absolute atomic E-state index is 0.0638. The van der Waals surface area contributed by atoms with Crippen LogP contribution in [0.2, 0.25) is 0 Å². The number of hydrogen-bond acceptors (Lipinski definition) is 6. The van der Waals surface area contributed by atoms with Crippen LogP contribution in [0.3, 0.4) is 0 Å². The van der Waals surface area contributed by atoms with Gasteiger partial charge in [-0.1, -0.05) is 13.8 Å². The van der Waals surface area contributed by atoms with Gasteiger partial charge in [0.1, 0.15) is 5.82 Å². The molecule has 148 valence electrons. The molecule has 2 heterocycles. The predicted molar refractivity (Wildman–Crippen MR) is 95.7 cm³/mol. The smallest absolute Gasteiger partial charge is 0.426 e. The van der Waals surface area contributed by atoms with E-state index in [1.54, 1.807) is 0 Å². The SMILES string of the molecule is CC(C)C[C@@H](NC(=O)CCC(=O)[C@@H]1CCN1c1ncc(F)cc1F)B(O)O. The van der Waals surface area contributed by atoms with E-state index in [1.807, 2.05) is 13.8 Å². The number of nitrogens with one attached hydrogen (secondary N) is 1. The topological polar surface area (TPSA) is 103 Å². The second-order valence-corrected chi connectivity index (χ2v) is 7.14. The van der Waals surface area contributed by atoms with Crippen molar-refractivity contribution < 1.29 is 28.4 Å². The lowest BCUT2D eigenvalue weighted by molar-refractivity contribution is -0.126. The summed E-state index contributed by atoms with van der Waals surface area (Å²) in [5.74, 6) is -3.06. The van der Waals surface area contributed by atoms with E-state index in [1.165, 1.54) is 4.90 Å². The van der Waals surface area contributed by atoms with Crippen LogP contribution in [0.15, 0.2) is 12.3 Å². The number of hydrogen-bond donors (Lipinski definition) is 3. The molecule has 3 N–H and O–H groups in total. The third-order valence-corrected chi connectivity index (χ3v) is 4.48. The summed E-state index contributed by atoms with van der Waals surface area (Å²) in [6.07, 6.45) is 1.61. The number of carbonyl (C=O) groups excluding carboxylic acids is 2. The summed E-state index contributed by atoms with van der Waals surface area (Å²) in [5.41, 5.74) is 0. The monoisotopic (exact) mass is 383 g/mol. The molecule has 7 nitrogen and oxygen atoms in total. The highest BCUT2D eigenvalue weighted by atomic mass is 19.1. The summed E-state index contributed by atoms with van der Waals surface area (Å²) in [4.78, 5) is 29.5. The molecule has 10 heteroatoms. The minimum Gasteiger partial charge on any atom is -0.426 e. The number of Topliss-reactive ketones (excluding diaryl/α,β-unsaturated/α-hetero) is 1. The largest absolute Gasteiger partial charge is 0.475 e. The normalized spacial score (nSPS) is 17.4. The molecule has 0 aliphatic carbocycles. The van der Waals surface area contributed by atoms with E-state index in [9.17, 15) is 28.4 Å². The Kier molecular flexibility index (Phi) is 7.26. The van der Waals surface area contributed by atoms with E-state index in [2.05, 4.69) is 10.3 Å². The Labute approximate surface area is 156 Å². The Morgan fingerprint density at radius 1 is 1.37 bits per heavy atom. The molecule has 1 aliphatic rings. The van der Waals surface area contributed by atoms with Crippen molar-refractivity contribution in [1.82, 2.24) is 10.3 Å². The zero-order chi connectivity index (χ0) is 20.1. The maximum atomic E-state index is 13.8. The summed E-state index contributed by atoms with van der Waals surface area (Å²) in [5, 5.41) is 21.2. The third-order valence-electron chi connectivity index (χ3n) is 4.48. The van der Waals surface area contributed by atoms with Gasteiger partial charge < -0.3 is 20.3 Å². The molecule has 1 fully saturated rings. The molecule has 0 saturated carbocycles. The summed E-state index contributed by atoms with van der Waals surface area (Å²) in [6, 6.07) is 0.116. The van der Waals surface area contributed by atoms with Gasteiger partial charge in [0.15, 0.2) is 17.4 Å². The van der Waals surface area contributed by atoms with Gasteiger partial charge in [-0.2, -0.15) is 0 Å². The molecule has 0 bridgehead atoms. The van der Waals surface area contributed by atoms with Gasteiger partial charge in [-0.05, 0) is 18.8 Å². The molecule has 0 unspecified atom stereocenters. The molecule has 1 saturated heterocycles. The number of rotatable bonds is 9. The van der Waals surface area contributed by atoms with Crippen LogP contribution >= 0.6 is 0 Å². The van der Waals surface area contributed by atoms with Crippen molar-refractivity contribution in [2.45, 2.75) is 51.5 Å². The second-order valence-electron chi connectivity index (χ2n) is 7.14. The second kappa shape index (κ2) is 9.23. The fourth-order valence-corrected chi connectivity index (χ4v) is 3.04. The van der Waals surface area contributed by atoms with Crippen LogP contribution in [0.25, 0.3) is 0 Å². The van der Waals surface area contributed by atoms with Gasteiger partial charge >= 0.3 is 7.12 Å². The quantitative estimate of drug-likeness (QED) is 0.546.